The molecule has 4 aromatic rings. The summed E-state index contributed by atoms with van der Waals surface area (Å²) < 4.78 is 33.9. The van der Waals surface area contributed by atoms with Crippen molar-refractivity contribution in [3.63, 3.8) is 0 Å². The summed E-state index contributed by atoms with van der Waals surface area (Å²) in [6.07, 6.45) is 1.58. The first-order valence-electron chi connectivity index (χ1n) is 12.2. The standard InChI is InChI=1S/C29H27N3O5S2/c1-19-5-3-6-20(2)27(19)31-39(35,36)25-14-12-23(13-15-25)30-28(34)21-8-10-22(11-9-21)29-32(26(33)18-38-29)17-24-7-4-16-37-24/h3-16,29,31H,17-18H2,1-2H3,(H,30,34)/t29-/m1/s1. The van der Waals surface area contributed by atoms with E-state index in [9.17, 15) is 18.0 Å². The van der Waals surface area contributed by atoms with Crippen molar-refractivity contribution in [2.75, 3.05) is 15.8 Å². The predicted molar refractivity (Wildman–Crippen MR) is 152 cm³/mol. The molecule has 0 radical (unpaired) electrons. The van der Waals surface area contributed by atoms with Crippen LogP contribution in [-0.4, -0.2) is 30.9 Å². The Labute approximate surface area is 231 Å². The molecule has 2 heterocycles. The smallest absolute Gasteiger partial charge is 0.261 e. The SMILES string of the molecule is Cc1cccc(C)c1NS(=O)(=O)c1ccc(NC(=O)c2ccc([C@H]3SCC(=O)N3Cc3ccco3)cc2)cc1. The van der Waals surface area contributed by atoms with Crippen LogP contribution >= 0.6 is 11.8 Å². The van der Waals surface area contributed by atoms with Gasteiger partial charge in [-0.15, -0.1) is 11.8 Å². The molecular weight excluding hydrogens is 534 g/mol. The Balaban J connectivity index is 1.24. The molecule has 8 nitrogen and oxygen atoms in total. The van der Waals surface area contributed by atoms with E-state index in [1.165, 1.54) is 23.9 Å². The number of rotatable bonds is 8. The van der Waals surface area contributed by atoms with Crippen LogP contribution in [0.5, 0.6) is 0 Å². The minimum absolute atomic E-state index is 0.0397. The molecular formula is C29H27N3O5S2. The number of hydrogen-bond acceptors (Lipinski definition) is 6. The molecule has 10 heteroatoms. The van der Waals surface area contributed by atoms with Crippen molar-refractivity contribution in [3.05, 3.63) is 113 Å². The summed E-state index contributed by atoms with van der Waals surface area (Å²) in [6, 6.07) is 22.3. The van der Waals surface area contributed by atoms with Gasteiger partial charge in [0.2, 0.25) is 5.91 Å². The summed E-state index contributed by atoms with van der Waals surface area (Å²) >= 11 is 1.54. The monoisotopic (exact) mass is 561 g/mol. The first-order chi connectivity index (χ1) is 18.7. The van der Waals surface area contributed by atoms with Crippen LogP contribution in [0.4, 0.5) is 11.4 Å². The molecule has 3 aromatic carbocycles. The van der Waals surface area contributed by atoms with Gasteiger partial charge in [-0.3, -0.25) is 14.3 Å². The molecule has 2 amide bonds. The number of para-hydroxylation sites is 1. The number of carbonyl (C=O) groups is 2. The van der Waals surface area contributed by atoms with E-state index < -0.39 is 10.0 Å². The van der Waals surface area contributed by atoms with E-state index in [0.717, 1.165) is 16.7 Å². The van der Waals surface area contributed by atoms with E-state index in [4.69, 9.17) is 4.42 Å². The number of nitrogens with zero attached hydrogens (tertiary/aromatic N) is 1. The zero-order chi connectivity index (χ0) is 27.6. The second-order valence-corrected chi connectivity index (χ2v) is 12.0. The number of anilines is 2. The van der Waals surface area contributed by atoms with Gasteiger partial charge in [0.25, 0.3) is 15.9 Å². The lowest BCUT2D eigenvalue weighted by molar-refractivity contribution is -0.128. The number of amides is 2. The maximum absolute atomic E-state index is 12.9. The molecule has 39 heavy (non-hydrogen) atoms. The highest BCUT2D eigenvalue weighted by molar-refractivity contribution is 8.00. The summed E-state index contributed by atoms with van der Waals surface area (Å²) in [6.45, 7) is 4.08. The van der Waals surface area contributed by atoms with E-state index in [2.05, 4.69) is 10.0 Å². The third-order valence-electron chi connectivity index (χ3n) is 6.47. The second-order valence-electron chi connectivity index (χ2n) is 9.24. The van der Waals surface area contributed by atoms with E-state index >= 15 is 0 Å². The molecule has 0 bridgehead atoms. The summed E-state index contributed by atoms with van der Waals surface area (Å²) in [7, 11) is -3.79. The maximum atomic E-state index is 12.9. The highest BCUT2D eigenvalue weighted by Crippen LogP contribution is 2.39. The van der Waals surface area contributed by atoms with Gasteiger partial charge in [0.05, 0.1) is 29.1 Å². The molecule has 0 unspecified atom stereocenters. The van der Waals surface area contributed by atoms with Crippen LogP contribution in [0.25, 0.3) is 0 Å². The van der Waals surface area contributed by atoms with Crippen molar-refractivity contribution in [2.24, 2.45) is 0 Å². The van der Waals surface area contributed by atoms with E-state index in [-0.39, 0.29) is 22.1 Å². The molecule has 0 saturated carbocycles. The van der Waals surface area contributed by atoms with Gasteiger partial charge in [0.15, 0.2) is 0 Å². The number of benzene rings is 3. The normalized spacial score (nSPS) is 15.4. The third-order valence-corrected chi connectivity index (χ3v) is 9.09. The van der Waals surface area contributed by atoms with E-state index in [1.54, 1.807) is 41.5 Å². The van der Waals surface area contributed by atoms with Crippen LogP contribution in [0.1, 0.15) is 38.2 Å². The average Bonchev–Trinajstić information content (AvgIpc) is 3.57. The molecule has 0 spiro atoms. The lowest BCUT2D eigenvalue weighted by Gasteiger charge is -2.23. The van der Waals surface area contributed by atoms with Crippen molar-refractivity contribution in [1.29, 1.82) is 0 Å². The van der Waals surface area contributed by atoms with Gasteiger partial charge in [-0.05, 0) is 79.1 Å². The second kappa shape index (κ2) is 11.0. The van der Waals surface area contributed by atoms with Crippen LogP contribution in [0.15, 0.2) is 94.4 Å². The Hall–Kier alpha value is -4.02. The van der Waals surface area contributed by atoms with Crippen molar-refractivity contribution in [1.82, 2.24) is 4.90 Å². The van der Waals surface area contributed by atoms with Gasteiger partial charge in [-0.1, -0.05) is 30.3 Å². The molecule has 1 aliphatic rings. The van der Waals surface area contributed by atoms with Gasteiger partial charge in [-0.25, -0.2) is 8.42 Å². The highest BCUT2D eigenvalue weighted by atomic mass is 32.2. The lowest BCUT2D eigenvalue weighted by atomic mass is 10.1. The number of furan rings is 1. The van der Waals surface area contributed by atoms with Crippen molar-refractivity contribution >= 4 is 45.0 Å². The number of aryl methyl sites for hydroxylation is 2. The molecule has 1 aliphatic heterocycles. The summed E-state index contributed by atoms with van der Waals surface area (Å²) in [5.41, 5.74) is 4.05. The number of thioether (sulfide) groups is 1. The van der Waals surface area contributed by atoms with E-state index in [0.29, 0.717) is 35.0 Å². The number of carbonyl (C=O) groups excluding carboxylic acids is 2. The molecule has 1 aromatic heterocycles. The van der Waals surface area contributed by atoms with Gasteiger partial charge in [-0.2, -0.15) is 0 Å². The first-order valence-corrected chi connectivity index (χ1v) is 14.8. The molecule has 2 N–H and O–H groups in total. The summed E-state index contributed by atoms with van der Waals surface area (Å²) in [4.78, 5) is 27.1. The fraction of sp³-hybridized carbons (Fsp3) is 0.172. The quantitative estimate of drug-likeness (QED) is 0.285. The van der Waals surface area contributed by atoms with Crippen LogP contribution in [-0.2, 0) is 21.4 Å². The highest BCUT2D eigenvalue weighted by Gasteiger charge is 2.33. The van der Waals surface area contributed by atoms with Crippen molar-refractivity contribution in [2.45, 2.75) is 30.7 Å². The minimum atomic E-state index is -3.79. The number of nitrogens with one attached hydrogen (secondary N) is 2. The average molecular weight is 562 g/mol. The molecule has 200 valence electrons. The third kappa shape index (κ3) is 5.86. The Morgan fingerprint density at radius 3 is 2.31 bits per heavy atom. The largest absolute Gasteiger partial charge is 0.467 e. The van der Waals surface area contributed by atoms with Crippen LogP contribution in [0.2, 0.25) is 0 Å². The number of hydrogen-bond donors (Lipinski definition) is 2. The summed E-state index contributed by atoms with van der Waals surface area (Å²) in [5, 5.41) is 2.64. The molecule has 1 atom stereocenters. The Bertz CT molecular complexity index is 1580. The Morgan fingerprint density at radius 1 is 0.974 bits per heavy atom. The topological polar surface area (TPSA) is 109 Å². The fourth-order valence-corrected chi connectivity index (χ4v) is 6.75. The predicted octanol–water partition coefficient (Wildman–Crippen LogP) is 5.72. The zero-order valence-electron chi connectivity index (χ0n) is 21.4. The van der Waals surface area contributed by atoms with Gasteiger partial charge in [0.1, 0.15) is 11.1 Å². The lowest BCUT2D eigenvalue weighted by Crippen LogP contribution is -2.27. The van der Waals surface area contributed by atoms with Crippen LogP contribution in [0.3, 0.4) is 0 Å². The van der Waals surface area contributed by atoms with Crippen molar-refractivity contribution < 1.29 is 22.4 Å². The maximum Gasteiger partial charge on any atom is 0.261 e. The Morgan fingerprint density at radius 2 is 1.67 bits per heavy atom. The molecule has 1 saturated heterocycles. The molecule has 0 aliphatic carbocycles. The molecule has 1 fully saturated rings. The van der Waals surface area contributed by atoms with Crippen LogP contribution < -0.4 is 10.0 Å². The van der Waals surface area contributed by atoms with Gasteiger partial charge < -0.3 is 14.6 Å². The zero-order valence-corrected chi connectivity index (χ0v) is 23.0. The first kappa shape index (κ1) is 26.6. The minimum Gasteiger partial charge on any atom is -0.467 e. The van der Waals surface area contributed by atoms with Crippen molar-refractivity contribution in [3.8, 4) is 0 Å². The van der Waals surface area contributed by atoms with Gasteiger partial charge >= 0.3 is 0 Å². The number of sulfonamides is 1. The summed E-state index contributed by atoms with van der Waals surface area (Å²) in [5.74, 6) is 0.817. The molecule has 5 rings (SSSR count). The van der Waals surface area contributed by atoms with Gasteiger partial charge in [0, 0.05) is 11.3 Å². The van der Waals surface area contributed by atoms with E-state index in [1.807, 2.05) is 50.2 Å². The fourth-order valence-electron chi connectivity index (χ4n) is 4.36. The van der Waals surface area contributed by atoms with Crippen LogP contribution in [0, 0.1) is 13.8 Å². The Kier molecular flexibility index (Phi) is 7.49.